The summed E-state index contributed by atoms with van der Waals surface area (Å²) >= 11 is -0.144. The van der Waals surface area contributed by atoms with E-state index in [1.54, 1.807) is 0 Å². The second kappa shape index (κ2) is 5.61. The van der Waals surface area contributed by atoms with Crippen molar-refractivity contribution in [3.8, 4) is 0 Å². The number of benzene rings is 1. The van der Waals surface area contributed by atoms with Gasteiger partial charge in [0.2, 0.25) is 0 Å². The third-order valence-corrected chi connectivity index (χ3v) is 3.01. The monoisotopic (exact) mass is 306 g/mol. The molecule has 0 unspecified atom stereocenters. The molecule has 2 N–H and O–H groups in total. The van der Waals surface area contributed by atoms with Crippen LogP contribution in [0.2, 0.25) is 0 Å². The van der Waals surface area contributed by atoms with Crippen molar-refractivity contribution in [2.24, 2.45) is 0 Å². The van der Waals surface area contributed by atoms with Gasteiger partial charge in [0.15, 0.2) is 5.58 Å². The van der Waals surface area contributed by atoms with Crippen molar-refractivity contribution >= 4 is 34.8 Å². The summed E-state index contributed by atoms with van der Waals surface area (Å²) in [6, 6.07) is 4.21. The van der Waals surface area contributed by atoms with Crippen molar-refractivity contribution in [3.63, 3.8) is 0 Å². The number of aromatic nitrogens is 1. The molecule has 0 amide bonds. The topological polar surface area (TPSA) is 75.4 Å². The Morgan fingerprint density at radius 2 is 2.20 bits per heavy atom. The van der Waals surface area contributed by atoms with E-state index in [2.05, 4.69) is 10.3 Å². The van der Waals surface area contributed by atoms with Crippen LogP contribution in [0, 0.1) is 0 Å². The summed E-state index contributed by atoms with van der Waals surface area (Å²) in [5, 5.41) is 11.4. The van der Waals surface area contributed by atoms with Crippen LogP contribution in [0.3, 0.4) is 0 Å². The summed E-state index contributed by atoms with van der Waals surface area (Å²) in [4.78, 5) is 14.8. The van der Waals surface area contributed by atoms with E-state index < -0.39 is 11.5 Å². The Labute approximate surface area is 115 Å². The van der Waals surface area contributed by atoms with E-state index in [0.29, 0.717) is 5.52 Å². The van der Waals surface area contributed by atoms with Gasteiger partial charge in [0.25, 0.3) is 6.01 Å². The molecule has 0 aliphatic rings. The molecule has 1 heterocycles. The maximum atomic E-state index is 11.9. The number of anilines is 1. The summed E-state index contributed by atoms with van der Waals surface area (Å²) in [6.45, 7) is 0.0305. The highest BCUT2D eigenvalue weighted by atomic mass is 32.2. The van der Waals surface area contributed by atoms with E-state index in [4.69, 9.17) is 9.52 Å². The lowest BCUT2D eigenvalue weighted by molar-refractivity contribution is -0.0327. The van der Waals surface area contributed by atoms with Crippen LogP contribution in [-0.4, -0.2) is 33.9 Å². The SMILES string of the molecule is O=C(O)c1ccc2nc(NCCSC(F)(F)F)oc2c1. The van der Waals surface area contributed by atoms with E-state index in [-0.39, 0.29) is 41.2 Å². The number of carboxylic acid groups (broad SMARTS) is 1. The number of thioether (sulfide) groups is 1. The number of hydrogen-bond acceptors (Lipinski definition) is 5. The zero-order valence-electron chi connectivity index (χ0n) is 9.90. The molecule has 0 fully saturated rings. The van der Waals surface area contributed by atoms with Crippen LogP contribution >= 0.6 is 11.8 Å². The highest BCUT2D eigenvalue weighted by Crippen LogP contribution is 2.29. The molecule has 0 aliphatic heterocycles. The van der Waals surface area contributed by atoms with Crippen molar-refractivity contribution in [2.45, 2.75) is 5.51 Å². The number of nitrogens with one attached hydrogen (secondary N) is 1. The Morgan fingerprint density at radius 3 is 2.85 bits per heavy atom. The predicted molar refractivity (Wildman–Crippen MR) is 68.0 cm³/mol. The number of carboxylic acids is 1. The van der Waals surface area contributed by atoms with Crippen LogP contribution in [0.1, 0.15) is 10.4 Å². The van der Waals surface area contributed by atoms with Crippen LogP contribution in [0.5, 0.6) is 0 Å². The number of carbonyl (C=O) groups is 1. The smallest absolute Gasteiger partial charge is 0.441 e. The third-order valence-electron chi connectivity index (χ3n) is 2.28. The molecule has 1 aromatic carbocycles. The number of rotatable bonds is 5. The predicted octanol–water partition coefficient (Wildman–Crippen LogP) is 3.19. The minimum atomic E-state index is -4.26. The van der Waals surface area contributed by atoms with Crippen molar-refractivity contribution in [1.82, 2.24) is 4.98 Å². The molecule has 0 aliphatic carbocycles. The molecule has 0 saturated heterocycles. The minimum absolute atomic E-state index is 0.0305. The second-order valence-corrected chi connectivity index (χ2v) is 4.89. The molecule has 0 saturated carbocycles. The third kappa shape index (κ3) is 3.80. The fourth-order valence-electron chi connectivity index (χ4n) is 1.46. The van der Waals surface area contributed by atoms with Crippen molar-refractivity contribution < 1.29 is 27.5 Å². The summed E-state index contributed by atoms with van der Waals surface area (Å²) in [5.74, 6) is -1.28. The highest BCUT2D eigenvalue weighted by molar-refractivity contribution is 8.00. The molecule has 108 valence electrons. The number of nitrogens with zero attached hydrogens (tertiary/aromatic N) is 1. The largest absolute Gasteiger partial charge is 0.478 e. The van der Waals surface area contributed by atoms with E-state index in [1.165, 1.54) is 18.2 Å². The molecule has 1 aromatic heterocycles. The average molecular weight is 306 g/mol. The van der Waals surface area contributed by atoms with E-state index >= 15 is 0 Å². The quantitative estimate of drug-likeness (QED) is 0.826. The molecule has 20 heavy (non-hydrogen) atoms. The Kier molecular flexibility index (Phi) is 4.07. The Balaban J connectivity index is 1.99. The molecule has 2 aromatic rings. The van der Waals surface area contributed by atoms with Crippen molar-refractivity contribution in [1.29, 1.82) is 0 Å². The van der Waals surface area contributed by atoms with Crippen LogP contribution in [0.25, 0.3) is 11.1 Å². The number of fused-ring (bicyclic) bond motifs is 1. The minimum Gasteiger partial charge on any atom is -0.478 e. The number of aromatic carboxylic acids is 1. The molecule has 5 nitrogen and oxygen atoms in total. The first kappa shape index (κ1) is 14.5. The van der Waals surface area contributed by atoms with Crippen LogP contribution in [0.15, 0.2) is 22.6 Å². The molecule has 0 atom stereocenters. The first-order chi connectivity index (χ1) is 9.35. The van der Waals surface area contributed by atoms with Gasteiger partial charge < -0.3 is 14.8 Å². The zero-order chi connectivity index (χ0) is 14.8. The van der Waals surface area contributed by atoms with Gasteiger partial charge in [-0.1, -0.05) is 0 Å². The lowest BCUT2D eigenvalue weighted by Gasteiger charge is -2.04. The standard InChI is InChI=1S/C11H9F3N2O3S/c12-11(13,14)20-4-3-15-10-16-7-2-1-6(9(17)18)5-8(7)19-10/h1-2,5H,3-4H2,(H,15,16)(H,17,18). The van der Waals surface area contributed by atoms with E-state index in [1.807, 2.05) is 0 Å². The lowest BCUT2D eigenvalue weighted by Crippen LogP contribution is -2.09. The Morgan fingerprint density at radius 1 is 1.45 bits per heavy atom. The van der Waals surface area contributed by atoms with E-state index in [0.717, 1.165) is 0 Å². The van der Waals surface area contributed by atoms with Gasteiger partial charge in [0.05, 0.1) is 5.56 Å². The highest BCUT2D eigenvalue weighted by Gasteiger charge is 2.27. The van der Waals surface area contributed by atoms with Gasteiger partial charge in [0.1, 0.15) is 5.52 Å². The number of halogens is 3. The summed E-state index contributed by atoms with van der Waals surface area (Å²) in [6.07, 6.45) is 0. The van der Waals surface area contributed by atoms with Gasteiger partial charge in [0, 0.05) is 12.3 Å². The van der Waals surface area contributed by atoms with Gasteiger partial charge in [-0.3, -0.25) is 0 Å². The molecule has 0 bridgehead atoms. The van der Waals surface area contributed by atoms with Gasteiger partial charge in [-0.25, -0.2) is 4.79 Å². The van der Waals surface area contributed by atoms with Gasteiger partial charge in [-0.05, 0) is 30.0 Å². The van der Waals surface area contributed by atoms with Gasteiger partial charge >= 0.3 is 11.5 Å². The molecule has 9 heteroatoms. The molecular formula is C11H9F3N2O3S. The zero-order valence-corrected chi connectivity index (χ0v) is 10.7. The number of alkyl halides is 3. The summed E-state index contributed by atoms with van der Waals surface area (Å²) in [7, 11) is 0. The van der Waals surface area contributed by atoms with Gasteiger partial charge in [-0.15, -0.1) is 0 Å². The van der Waals surface area contributed by atoms with E-state index in [9.17, 15) is 18.0 Å². The number of hydrogen-bond donors (Lipinski definition) is 2. The Hall–Kier alpha value is -1.90. The van der Waals surface area contributed by atoms with Crippen molar-refractivity contribution in [2.75, 3.05) is 17.6 Å². The molecule has 0 spiro atoms. The Bertz CT molecular complexity index is 627. The maximum absolute atomic E-state index is 11.9. The first-order valence-electron chi connectivity index (χ1n) is 5.43. The molecule has 2 rings (SSSR count). The number of oxazole rings is 1. The average Bonchev–Trinajstić information content (AvgIpc) is 2.75. The fourth-order valence-corrected chi connectivity index (χ4v) is 1.89. The van der Waals surface area contributed by atoms with Crippen LogP contribution in [-0.2, 0) is 0 Å². The second-order valence-electron chi connectivity index (χ2n) is 3.73. The summed E-state index contributed by atoms with van der Waals surface area (Å²) in [5.41, 5.74) is -3.52. The fraction of sp³-hybridized carbons (Fsp3) is 0.273. The lowest BCUT2D eigenvalue weighted by atomic mass is 10.2. The van der Waals surface area contributed by atoms with Crippen LogP contribution in [0.4, 0.5) is 19.2 Å². The van der Waals surface area contributed by atoms with Gasteiger partial charge in [-0.2, -0.15) is 18.2 Å². The molecule has 0 radical (unpaired) electrons. The van der Waals surface area contributed by atoms with Crippen LogP contribution < -0.4 is 5.32 Å². The summed E-state index contributed by atoms with van der Waals surface area (Å²) < 4.78 is 40.9. The normalized spacial score (nSPS) is 11.8. The molecular weight excluding hydrogens is 297 g/mol. The van der Waals surface area contributed by atoms with Crippen molar-refractivity contribution in [3.05, 3.63) is 23.8 Å². The first-order valence-corrected chi connectivity index (χ1v) is 6.42. The maximum Gasteiger partial charge on any atom is 0.441 e.